The van der Waals surface area contributed by atoms with Crippen molar-refractivity contribution in [2.45, 2.75) is 58.4 Å². The van der Waals surface area contributed by atoms with E-state index in [1.807, 2.05) is 30.3 Å². The first-order valence-electron chi connectivity index (χ1n) is 11.0. The van der Waals surface area contributed by atoms with Crippen LogP contribution in [0.4, 0.5) is 0 Å². The zero-order valence-electron chi connectivity index (χ0n) is 18.9. The molecule has 0 bridgehead atoms. The fourth-order valence-corrected chi connectivity index (χ4v) is 2.86. The van der Waals surface area contributed by atoms with Crippen LogP contribution in [0.15, 0.2) is 30.3 Å². The maximum Gasteiger partial charge on any atom is 0.243 e. The topological polar surface area (TPSA) is 133 Å². The molecule has 4 amide bonds. The molecule has 0 spiro atoms. The highest BCUT2D eigenvalue weighted by molar-refractivity contribution is 5.92. The van der Waals surface area contributed by atoms with Crippen LogP contribution in [-0.4, -0.2) is 55.1 Å². The van der Waals surface area contributed by atoms with Crippen LogP contribution < -0.4 is 21.3 Å². The van der Waals surface area contributed by atoms with Crippen LogP contribution in [0.3, 0.4) is 0 Å². The first-order chi connectivity index (χ1) is 15.3. The molecule has 1 aromatic carbocycles. The predicted molar refractivity (Wildman–Crippen MR) is 121 cm³/mol. The highest BCUT2D eigenvalue weighted by Crippen LogP contribution is 2.04. The quantitative estimate of drug-likeness (QED) is 0.293. The monoisotopic (exact) mass is 446 g/mol. The number of nitrogens with one attached hydrogen (secondary N) is 4. The average molecular weight is 447 g/mol. The van der Waals surface area contributed by atoms with E-state index in [4.69, 9.17) is 0 Å². The fourth-order valence-electron chi connectivity index (χ4n) is 2.86. The number of hydrogen-bond acceptors (Lipinski definition) is 5. The normalized spacial score (nSPS) is 11.2. The average Bonchev–Trinajstić information content (AvgIpc) is 2.77. The molecule has 1 rings (SSSR count). The van der Waals surface area contributed by atoms with Gasteiger partial charge < -0.3 is 21.3 Å². The second-order valence-corrected chi connectivity index (χ2v) is 7.59. The number of ketones is 1. The van der Waals surface area contributed by atoms with Crippen LogP contribution in [0.1, 0.15) is 51.5 Å². The maximum atomic E-state index is 12.4. The van der Waals surface area contributed by atoms with E-state index in [0.29, 0.717) is 6.42 Å². The molecule has 32 heavy (non-hydrogen) atoms. The van der Waals surface area contributed by atoms with Gasteiger partial charge in [0.05, 0.1) is 19.6 Å². The molecule has 176 valence electrons. The number of rotatable bonds is 15. The predicted octanol–water partition coefficient (Wildman–Crippen LogP) is 0.622. The van der Waals surface area contributed by atoms with Crippen molar-refractivity contribution >= 4 is 29.4 Å². The molecule has 0 radical (unpaired) electrons. The van der Waals surface area contributed by atoms with Gasteiger partial charge in [-0.1, -0.05) is 56.5 Å². The third kappa shape index (κ3) is 12.5. The Morgan fingerprint density at radius 1 is 0.781 bits per heavy atom. The Morgan fingerprint density at radius 3 is 2.09 bits per heavy atom. The zero-order valence-corrected chi connectivity index (χ0v) is 18.9. The number of carbonyl (C=O) groups is 5. The number of carbonyl (C=O) groups excluding carboxylic acids is 5. The van der Waals surface area contributed by atoms with Crippen LogP contribution >= 0.6 is 0 Å². The summed E-state index contributed by atoms with van der Waals surface area (Å²) in [7, 11) is 0. The minimum absolute atomic E-state index is 0.130. The van der Waals surface area contributed by atoms with Crippen molar-refractivity contribution in [2.24, 2.45) is 0 Å². The maximum absolute atomic E-state index is 12.4. The van der Waals surface area contributed by atoms with Gasteiger partial charge >= 0.3 is 0 Å². The standard InChI is InChI=1S/C23H34N4O5/c1-3-4-5-9-12-20(29)24-15-21(30)25-16-22(31)27-19(23(32)26-14-17(2)28)13-18-10-7-6-8-11-18/h6-8,10-11,19H,3-5,9,12-16H2,1-2H3,(H,24,29)(H,25,30)(H,26,32)(H,27,31)/t19-/m0/s1. The van der Waals surface area contributed by atoms with E-state index in [9.17, 15) is 24.0 Å². The molecule has 0 aliphatic rings. The molecule has 0 heterocycles. The summed E-state index contributed by atoms with van der Waals surface area (Å²) < 4.78 is 0. The highest BCUT2D eigenvalue weighted by atomic mass is 16.2. The van der Waals surface area contributed by atoms with Gasteiger partial charge in [0.15, 0.2) is 0 Å². The van der Waals surface area contributed by atoms with Crippen molar-refractivity contribution in [2.75, 3.05) is 19.6 Å². The minimum atomic E-state index is -0.899. The first-order valence-corrected chi connectivity index (χ1v) is 11.0. The molecule has 0 aliphatic heterocycles. The first kappa shape index (κ1) is 26.8. The van der Waals surface area contributed by atoms with E-state index in [0.717, 1.165) is 31.2 Å². The summed E-state index contributed by atoms with van der Waals surface area (Å²) >= 11 is 0. The van der Waals surface area contributed by atoms with Crippen LogP contribution in [0, 0.1) is 0 Å². The second-order valence-electron chi connectivity index (χ2n) is 7.59. The molecule has 9 nitrogen and oxygen atoms in total. The third-order valence-corrected chi connectivity index (χ3v) is 4.60. The lowest BCUT2D eigenvalue weighted by atomic mass is 10.1. The van der Waals surface area contributed by atoms with Crippen molar-refractivity contribution in [3.8, 4) is 0 Å². The highest BCUT2D eigenvalue weighted by Gasteiger charge is 2.21. The lowest BCUT2D eigenvalue weighted by Crippen LogP contribution is -2.51. The molecule has 0 unspecified atom stereocenters. The summed E-state index contributed by atoms with van der Waals surface area (Å²) in [5.74, 6) is -1.95. The Bertz CT molecular complexity index is 767. The largest absolute Gasteiger partial charge is 0.347 e. The summed E-state index contributed by atoms with van der Waals surface area (Å²) in [4.78, 5) is 59.4. The Balaban J connectivity index is 2.46. The Morgan fingerprint density at radius 2 is 1.44 bits per heavy atom. The summed E-state index contributed by atoms with van der Waals surface area (Å²) in [6, 6.07) is 8.23. The molecular weight excluding hydrogens is 412 g/mol. The van der Waals surface area contributed by atoms with Gasteiger partial charge in [0.25, 0.3) is 0 Å². The van der Waals surface area contributed by atoms with Crippen LogP contribution in [0.2, 0.25) is 0 Å². The number of benzene rings is 1. The molecule has 0 aliphatic carbocycles. The van der Waals surface area contributed by atoms with Gasteiger partial charge in [-0.15, -0.1) is 0 Å². The molecule has 9 heteroatoms. The van der Waals surface area contributed by atoms with Crippen molar-refractivity contribution in [3.05, 3.63) is 35.9 Å². The Labute approximate surface area is 189 Å². The van der Waals surface area contributed by atoms with E-state index in [1.165, 1.54) is 6.92 Å². The Hall–Kier alpha value is -3.23. The summed E-state index contributed by atoms with van der Waals surface area (Å²) in [5.41, 5.74) is 0.835. The van der Waals surface area contributed by atoms with E-state index >= 15 is 0 Å². The number of hydrogen-bond donors (Lipinski definition) is 4. The molecule has 0 saturated heterocycles. The summed E-state index contributed by atoms with van der Waals surface area (Å²) in [6.45, 7) is 2.76. The summed E-state index contributed by atoms with van der Waals surface area (Å²) in [6.07, 6.45) is 4.50. The molecular formula is C23H34N4O5. The van der Waals surface area contributed by atoms with E-state index in [2.05, 4.69) is 28.2 Å². The van der Waals surface area contributed by atoms with Crippen LogP contribution in [-0.2, 0) is 30.4 Å². The van der Waals surface area contributed by atoms with Gasteiger partial charge in [-0.25, -0.2) is 0 Å². The molecule has 0 aromatic heterocycles. The van der Waals surface area contributed by atoms with Gasteiger partial charge in [0.1, 0.15) is 11.8 Å². The lowest BCUT2D eigenvalue weighted by molar-refractivity contribution is -0.130. The SMILES string of the molecule is CCCCCCC(=O)NCC(=O)NCC(=O)N[C@@H](Cc1ccccc1)C(=O)NCC(C)=O. The minimum Gasteiger partial charge on any atom is -0.347 e. The van der Waals surface area contributed by atoms with Gasteiger partial charge in [-0.2, -0.15) is 0 Å². The number of unbranched alkanes of at least 4 members (excludes halogenated alkanes) is 3. The third-order valence-electron chi connectivity index (χ3n) is 4.60. The van der Waals surface area contributed by atoms with E-state index in [-0.39, 0.29) is 37.7 Å². The van der Waals surface area contributed by atoms with Gasteiger partial charge in [-0.3, -0.25) is 24.0 Å². The smallest absolute Gasteiger partial charge is 0.243 e. The zero-order chi connectivity index (χ0) is 23.8. The molecule has 1 atom stereocenters. The van der Waals surface area contributed by atoms with Gasteiger partial charge in [-0.05, 0) is 18.9 Å². The van der Waals surface area contributed by atoms with Crippen molar-refractivity contribution < 1.29 is 24.0 Å². The lowest BCUT2D eigenvalue weighted by Gasteiger charge is -2.18. The van der Waals surface area contributed by atoms with E-state index < -0.39 is 23.8 Å². The molecule has 0 fully saturated rings. The second kappa shape index (κ2) is 15.6. The van der Waals surface area contributed by atoms with Gasteiger partial charge in [0.2, 0.25) is 23.6 Å². The van der Waals surface area contributed by atoms with Crippen molar-refractivity contribution in [1.29, 1.82) is 0 Å². The van der Waals surface area contributed by atoms with E-state index in [1.54, 1.807) is 0 Å². The molecule has 4 N–H and O–H groups in total. The Kier molecular flexibility index (Phi) is 13.0. The number of Topliss-reactive ketones (excluding diaryl/α,β-unsaturated/α-hetero) is 1. The van der Waals surface area contributed by atoms with Crippen molar-refractivity contribution in [1.82, 2.24) is 21.3 Å². The molecule has 0 saturated carbocycles. The van der Waals surface area contributed by atoms with Crippen LogP contribution in [0.25, 0.3) is 0 Å². The fraction of sp³-hybridized carbons (Fsp3) is 0.522. The number of amides is 4. The van der Waals surface area contributed by atoms with Crippen LogP contribution in [0.5, 0.6) is 0 Å². The van der Waals surface area contributed by atoms with Gasteiger partial charge in [0, 0.05) is 12.8 Å². The van der Waals surface area contributed by atoms with Crippen molar-refractivity contribution in [3.63, 3.8) is 0 Å². The molecule has 1 aromatic rings. The summed E-state index contributed by atoms with van der Waals surface area (Å²) in [5, 5.41) is 10.0.